The Bertz CT molecular complexity index is 439. The molecule has 1 heteroatoms. The van der Waals surface area contributed by atoms with Gasteiger partial charge in [0.05, 0.1) is 0 Å². The second kappa shape index (κ2) is 5.90. The van der Waals surface area contributed by atoms with E-state index in [0.717, 1.165) is 30.2 Å². The minimum absolute atomic E-state index is 0.355. The molecule has 2 aliphatic rings. The van der Waals surface area contributed by atoms with Crippen LogP contribution in [0.4, 0.5) is 0 Å². The molecule has 0 bridgehead atoms. The summed E-state index contributed by atoms with van der Waals surface area (Å²) < 4.78 is 0. The van der Waals surface area contributed by atoms with Gasteiger partial charge in [0.25, 0.3) is 0 Å². The molecule has 2 fully saturated rings. The maximum Gasteiger partial charge on any atom is 0.162 e. The summed E-state index contributed by atoms with van der Waals surface area (Å²) in [6.07, 6.45) is 11.2. The van der Waals surface area contributed by atoms with Crippen LogP contribution in [0.3, 0.4) is 0 Å². The van der Waals surface area contributed by atoms with Gasteiger partial charge in [-0.05, 0) is 42.7 Å². The van der Waals surface area contributed by atoms with Crippen LogP contribution in [-0.4, -0.2) is 5.78 Å². The van der Waals surface area contributed by atoms with Crippen LogP contribution in [0, 0.1) is 5.92 Å². The van der Waals surface area contributed by atoms with Gasteiger partial charge in [-0.1, -0.05) is 50.3 Å². The Hall–Kier alpha value is -1.11. The van der Waals surface area contributed by atoms with Crippen molar-refractivity contribution >= 4 is 5.78 Å². The average Bonchev–Trinajstić information content (AvgIpc) is 2.87. The smallest absolute Gasteiger partial charge is 0.162 e. The summed E-state index contributed by atoms with van der Waals surface area (Å²) in [5.41, 5.74) is 2.33. The van der Waals surface area contributed by atoms with Gasteiger partial charge in [0, 0.05) is 12.0 Å². The van der Waals surface area contributed by atoms with E-state index in [-0.39, 0.29) is 0 Å². The van der Waals surface area contributed by atoms with E-state index in [4.69, 9.17) is 0 Å². The summed E-state index contributed by atoms with van der Waals surface area (Å²) >= 11 is 0. The second-order valence-corrected chi connectivity index (χ2v) is 6.37. The fraction of sp³-hybridized carbons (Fsp3) is 0.611. The number of carbonyl (C=O) groups is 1. The monoisotopic (exact) mass is 256 g/mol. The van der Waals surface area contributed by atoms with Gasteiger partial charge in [-0.15, -0.1) is 0 Å². The van der Waals surface area contributed by atoms with Crippen molar-refractivity contribution in [2.75, 3.05) is 0 Å². The molecule has 1 aromatic carbocycles. The van der Waals surface area contributed by atoms with Crippen molar-refractivity contribution in [1.82, 2.24) is 0 Å². The molecule has 19 heavy (non-hydrogen) atoms. The van der Waals surface area contributed by atoms with Crippen LogP contribution < -0.4 is 0 Å². The van der Waals surface area contributed by atoms with Crippen molar-refractivity contribution in [2.45, 2.75) is 63.7 Å². The van der Waals surface area contributed by atoms with Gasteiger partial charge in [0.15, 0.2) is 5.78 Å². The SMILES string of the molecule is O=C(CCC1CCCC1)c1cccc(C2CCC2)c1. The van der Waals surface area contributed by atoms with Crippen LogP contribution >= 0.6 is 0 Å². The standard InChI is InChI=1S/C18H24O/c19-18(12-11-14-5-1-2-6-14)17-10-4-9-16(13-17)15-7-3-8-15/h4,9-10,13-15H,1-3,5-8,11-12H2. The number of rotatable bonds is 5. The van der Waals surface area contributed by atoms with E-state index in [1.165, 1.54) is 50.5 Å². The van der Waals surface area contributed by atoms with Crippen molar-refractivity contribution in [3.63, 3.8) is 0 Å². The molecule has 3 rings (SSSR count). The average molecular weight is 256 g/mol. The zero-order chi connectivity index (χ0) is 13.1. The highest BCUT2D eigenvalue weighted by molar-refractivity contribution is 5.96. The summed E-state index contributed by atoms with van der Waals surface area (Å²) in [6.45, 7) is 0. The van der Waals surface area contributed by atoms with Crippen LogP contribution in [0.1, 0.15) is 79.6 Å². The van der Waals surface area contributed by atoms with E-state index >= 15 is 0 Å². The first-order valence-electron chi connectivity index (χ1n) is 7.96. The lowest BCUT2D eigenvalue weighted by molar-refractivity contribution is 0.0973. The van der Waals surface area contributed by atoms with Gasteiger partial charge >= 0.3 is 0 Å². The molecule has 0 amide bonds. The molecule has 0 unspecified atom stereocenters. The van der Waals surface area contributed by atoms with E-state index in [2.05, 4.69) is 18.2 Å². The molecule has 0 saturated heterocycles. The maximum atomic E-state index is 12.3. The lowest BCUT2D eigenvalue weighted by Gasteiger charge is -2.26. The highest BCUT2D eigenvalue weighted by Crippen LogP contribution is 2.36. The fourth-order valence-electron chi connectivity index (χ4n) is 3.49. The first-order valence-corrected chi connectivity index (χ1v) is 7.96. The lowest BCUT2D eigenvalue weighted by Crippen LogP contribution is -2.10. The van der Waals surface area contributed by atoms with Crippen LogP contribution in [-0.2, 0) is 0 Å². The van der Waals surface area contributed by atoms with E-state index in [9.17, 15) is 4.79 Å². The molecule has 0 radical (unpaired) electrons. The summed E-state index contributed by atoms with van der Waals surface area (Å²) in [5, 5.41) is 0. The molecule has 2 saturated carbocycles. The third kappa shape index (κ3) is 3.08. The molecule has 0 atom stereocenters. The third-order valence-corrected chi connectivity index (χ3v) is 5.04. The third-order valence-electron chi connectivity index (χ3n) is 5.04. The number of Topliss-reactive ketones (excluding diaryl/α,β-unsaturated/α-hetero) is 1. The van der Waals surface area contributed by atoms with Crippen molar-refractivity contribution in [2.24, 2.45) is 5.92 Å². The van der Waals surface area contributed by atoms with Crippen molar-refractivity contribution < 1.29 is 4.79 Å². The highest BCUT2D eigenvalue weighted by Gasteiger charge is 2.21. The molecule has 102 valence electrons. The van der Waals surface area contributed by atoms with Gasteiger partial charge in [0.1, 0.15) is 0 Å². The minimum atomic E-state index is 0.355. The molecule has 0 N–H and O–H groups in total. The number of carbonyl (C=O) groups excluding carboxylic acids is 1. The summed E-state index contributed by atoms with van der Waals surface area (Å²) in [7, 11) is 0. The Morgan fingerprint density at radius 3 is 2.53 bits per heavy atom. The summed E-state index contributed by atoms with van der Waals surface area (Å²) in [4.78, 5) is 12.3. The zero-order valence-corrected chi connectivity index (χ0v) is 11.7. The molecule has 2 aliphatic carbocycles. The normalized spacial score (nSPS) is 20.4. The van der Waals surface area contributed by atoms with Crippen molar-refractivity contribution in [3.05, 3.63) is 35.4 Å². The Morgan fingerprint density at radius 2 is 1.84 bits per heavy atom. The topological polar surface area (TPSA) is 17.1 Å². The Labute approximate surface area is 116 Å². The summed E-state index contributed by atoms with van der Waals surface area (Å²) in [6, 6.07) is 8.41. The molecule has 0 aliphatic heterocycles. The van der Waals surface area contributed by atoms with E-state index in [1.54, 1.807) is 0 Å². The number of ketones is 1. The zero-order valence-electron chi connectivity index (χ0n) is 11.7. The van der Waals surface area contributed by atoms with Gasteiger partial charge < -0.3 is 0 Å². The van der Waals surface area contributed by atoms with Gasteiger partial charge in [0.2, 0.25) is 0 Å². The molecular weight excluding hydrogens is 232 g/mol. The quantitative estimate of drug-likeness (QED) is 0.669. The van der Waals surface area contributed by atoms with Gasteiger partial charge in [-0.3, -0.25) is 4.79 Å². The number of hydrogen-bond donors (Lipinski definition) is 0. The maximum absolute atomic E-state index is 12.3. The van der Waals surface area contributed by atoms with Gasteiger partial charge in [-0.25, -0.2) is 0 Å². The van der Waals surface area contributed by atoms with Crippen LogP contribution in [0.5, 0.6) is 0 Å². The molecular formula is C18H24O. The Kier molecular flexibility index (Phi) is 4.00. The van der Waals surface area contributed by atoms with Gasteiger partial charge in [-0.2, -0.15) is 0 Å². The van der Waals surface area contributed by atoms with E-state index in [0.29, 0.717) is 5.78 Å². The fourth-order valence-corrected chi connectivity index (χ4v) is 3.49. The lowest BCUT2D eigenvalue weighted by atomic mass is 9.79. The molecule has 0 heterocycles. The molecule has 0 spiro atoms. The largest absolute Gasteiger partial charge is 0.294 e. The number of benzene rings is 1. The first-order chi connectivity index (χ1) is 9.33. The van der Waals surface area contributed by atoms with Crippen molar-refractivity contribution in [3.8, 4) is 0 Å². The van der Waals surface area contributed by atoms with Crippen LogP contribution in [0.2, 0.25) is 0 Å². The summed E-state index contributed by atoms with van der Waals surface area (Å²) in [5.74, 6) is 1.90. The highest BCUT2D eigenvalue weighted by atomic mass is 16.1. The van der Waals surface area contributed by atoms with E-state index < -0.39 is 0 Å². The first kappa shape index (κ1) is 12.9. The van der Waals surface area contributed by atoms with Crippen molar-refractivity contribution in [1.29, 1.82) is 0 Å². The predicted octanol–water partition coefficient (Wildman–Crippen LogP) is 5.11. The molecule has 0 aromatic heterocycles. The van der Waals surface area contributed by atoms with Crippen LogP contribution in [0.25, 0.3) is 0 Å². The van der Waals surface area contributed by atoms with Crippen LogP contribution in [0.15, 0.2) is 24.3 Å². The molecule has 1 nitrogen and oxygen atoms in total. The Balaban J connectivity index is 1.58. The predicted molar refractivity (Wildman–Crippen MR) is 78.6 cm³/mol. The van der Waals surface area contributed by atoms with E-state index in [1.807, 2.05) is 6.07 Å². The second-order valence-electron chi connectivity index (χ2n) is 6.37. The number of hydrogen-bond acceptors (Lipinski definition) is 1. The minimum Gasteiger partial charge on any atom is -0.294 e. The Morgan fingerprint density at radius 1 is 1.05 bits per heavy atom. The molecule has 1 aromatic rings.